The molecule has 1 amide bonds. The van der Waals surface area contributed by atoms with Gasteiger partial charge in [-0.15, -0.1) is 10.2 Å². The molecule has 2 heterocycles. The van der Waals surface area contributed by atoms with E-state index in [1.807, 2.05) is 6.92 Å². The minimum Gasteiger partial charge on any atom is -0.491 e. The van der Waals surface area contributed by atoms with E-state index in [0.29, 0.717) is 17.3 Å². The van der Waals surface area contributed by atoms with Crippen molar-refractivity contribution in [2.75, 3.05) is 18.5 Å². The molecule has 1 aromatic carbocycles. The quantitative estimate of drug-likeness (QED) is 0.917. The number of anilines is 1. The normalized spacial score (nSPS) is 17.4. The Morgan fingerprint density at radius 3 is 2.86 bits per heavy atom. The highest BCUT2D eigenvalue weighted by atomic mass is 32.1. The molecule has 3 rings (SSSR count). The summed E-state index contributed by atoms with van der Waals surface area (Å²) < 4.78 is 11.2. The second-order valence-electron chi connectivity index (χ2n) is 5.05. The first-order valence-corrected chi connectivity index (χ1v) is 7.98. The second-order valence-corrected chi connectivity index (χ2v) is 6.23. The molecule has 2 aromatic rings. The van der Waals surface area contributed by atoms with Gasteiger partial charge in [0.2, 0.25) is 5.13 Å². The van der Waals surface area contributed by atoms with Gasteiger partial charge in [0.15, 0.2) is 0 Å². The van der Waals surface area contributed by atoms with Crippen molar-refractivity contribution in [3.8, 4) is 5.75 Å². The van der Waals surface area contributed by atoms with E-state index >= 15 is 0 Å². The first-order valence-electron chi connectivity index (χ1n) is 7.16. The summed E-state index contributed by atoms with van der Waals surface area (Å²) in [5.74, 6) is 0.528. The van der Waals surface area contributed by atoms with E-state index in [9.17, 15) is 4.79 Å². The Hall–Kier alpha value is -1.99. The molecule has 22 heavy (non-hydrogen) atoms. The van der Waals surface area contributed by atoms with Gasteiger partial charge in [-0.3, -0.25) is 10.1 Å². The Bertz CT molecular complexity index is 636. The van der Waals surface area contributed by atoms with E-state index < -0.39 is 0 Å². The van der Waals surface area contributed by atoms with E-state index in [1.54, 1.807) is 24.3 Å². The van der Waals surface area contributed by atoms with Gasteiger partial charge in [0.05, 0.1) is 6.10 Å². The van der Waals surface area contributed by atoms with Gasteiger partial charge in [0.1, 0.15) is 17.4 Å². The van der Waals surface area contributed by atoms with E-state index in [1.165, 1.54) is 11.3 Å². The lowest BCUT2D eigenvalue weighted by Crippen LogP contribution is -2.16. The van der Waals surface area contributed by atoms with Crippen molar-refractivity contribution < 1.29 is 14.3 Å². The summed E-state index contributed by atoms with van der Waals surface area (Å²) in [5.41, 5.74) is 0.553. The number of aromatic nitrogens is 2. The van der Waals surface area contributed by atoms with Gasteiger partial charge in [-0.05, 0) is 44.0 Å². The number of carbonyl (C=O) groups excluding carboxylic acids is 1. The molecule has 0 aliphatic carbocycles. The third-order valence-electron chi connectivity index (χ3n) is 3.32. The number of nitrogens with zero attached hydrogens (tertiary/aromatic N) is 2. The summed E-state index contributed by atoms with van der Waals surface area (Å²) in [6, 6.07) is 7.03. The zero-order valence-corrected chi connectivity index (χ0v) is 13.1. The molecule has 1 N–H and O–H groups in total. The van der Waals surface area contributed by atoms with Crippen LogP contribution in [0.25, 0.3) is 0 Å². The van der Waals surface area contributed by atoms with Crippen LogP contribution in [0.15, 0.2) is 24.3 Å². The van der Waals surface area contributed by atoms with Gasteiger partial charge in [-0.25, -0.2) is 0 Å². The maximum atomic E-state index is 12.1. The van der Waals surface area contributed by atoms with E-state index in [2.05, 4.69) is 15.5 Å². The van der Waals surface area contributed by atoms with Crippen LogP contribution in [-0.2, 0) is 4.74 Å². The predicted molar refractivity (Wildman–Crippen MR) is 83.5 cm³/mol. The molecular weight excluding hydrogens is 302 g/mol. The summed E-state index contributed by atoms with van der Waals surface area (Å²) in [4.78, 5) is 12.1. The monoisotopic (exact) mass is 319 g/mol. The van der Waals surface area contributed by atoms with Gasteiger partial charge in [0, 0.05) is 12.2 Å². The number of hydrogen-bond donors (Lipinski definition) is 1. The largest absolute Gasteiger partial charge is 0.491 e. The lowest BCUT2D eigenvalue weighted by Gasteiger charge is -2.11. The van der Waals surface area contributed by atoms with Crippen molar-refractivity contribution in [2.24, 2.45) is 0 Å². The molecule has 116 valence electrons. The van der Waals surface area contributed by atoms with Crippen LogP contribution in [-0.4, -0.2) is 35.4 Å². The average Bonchev–Trinajstić information content (AvgIpc) is 3.17. The van der Waals surface area contributed by atoms with Crippen LogP contribution in [0.2, 0.25) is 0 Å². The Morgan fingerprint density at radius 1 is 1.41 bits per heavy atom. The van der Waals surface area contributed by atoms with Gasteiger partial charge in [0.25, 0.3) is 5.91 Å². The lowest BCUT2D eigenvalue weighted by molar-refractivity contribution is 0.0679. The minimum atomic E-state index is -0.207. The van der Waals surface area contributed by atoms with Gasteiger partial charge in [-0.2, -0.15) is 0 Å². The van der Waals surface area contributed by atoms with Crippen molar-refractivity contribution in [3.63, 3.8) is 0 Å². The number of carbonyl (C=O) groups is 1. The van der Waals surface area contributed by atoms with Crippen LogP contribution in [0.3, 0.4) is 0 Å². The maximum Gasteiger partial charge on any atom is 0.257 e. The smallest absolute Gasteiger partial charge is 0.257 e. The van der Waals surface area contributed by atoms with Gasteiger partial charge >= 0.3 is 0 Å². The fourth-order valence-corrected chi connectivity index (χ4v) is 2.77. The van der Waals surface area contributed by atoms with E-state index in [0.717, 1.165) is 30.2 Å². The van der Waals surface area contributed by atoms with Crippen LogP contribution in [0.4, 0.5) is 5.13 Å². The summed E-state index contributed by atoms with van der Waals surface area (Å²) >= 11 is 1.34. The van der Waals surface area contributed by atoms with Gasteiger partial charge in [-0.1, -0.05) is 11.3 Å². The number of aryl methyl sites for hydroxylation is 1. The highest BCUT2D eigenvalue weighted by Crippen LogP contribution is 2.18. The molecular formula is C15H17N3O3S. The summed E-state index contributed by atoms with van der Waals surface area (Å²) in [7, 11) is 0. The molecule has 0 spiro atoms. The molecule has 7 heteroatoms. The minimum absolute atomic E-state index is 0.184. The second kappa shape index (κ2) is 6.85. The number of ether oxygens (including phenoxy) is 2. The zero-order valence-electron chi connectivity index (χ0n) is 12.2. The van der Waals surface area contributed by atoms with Crippen molar-refractivity contribution in [3.05, 3.63) is 34.8 Å². The maximum absolute atomic E-state index is 12.1. The van der Waals surface area contributed by atoms with Crippen molar-refractivity contribution in [1.29, 1.82) is 0 Å². The fraction of sp³-hybridized carbons (Fsp3) is 0.400. The van der Waals surface area contributed by atoms with Gasteiger partial charge < -0.3 is 9.47 Å². The van der Waals surface area contributed by atoms with Crippen LogP contribution < -0.4 is 10.1 Å². The number of benzene rings is 1. The number of nitrogens with one attached hydrogen (secondary N) is 1. The van der Waals surface area contributed by atoms with Crippen molar-refractivity contribution >= 4 is 22.4 Å². The van der Waals surface area contributed by atoms with Crippen LogP contribution >= 0.6 is 11.3 Å². The number of hydrogen-bond acceptors (Lipinski definition) is 6. The van der Waals surface area contributed by atoms with E-state index in [-0.39, 0.29) is 12.0 Å². The molecule has 1 aromatic heterocycles. The van der Waals surface area contributed by atoms with Crippen LogP contribution in [0, 0.1) is 6.92 Å². The number of rotatable bonds is 5. The lowest BCUT2D eigenvalue weighted by atomic mass is 10.2. The molecule has 1 atom stereocenters. The van der Waals surface area contributed by atoms with Crippen molar-refractivity contribution in [2.45, 2.75) is 25.9 Å². The standard InChI is InChI=1S/C15H17N3O3S/c1-10-17-18-15(22-10)16-14(19)11-4-6-12(7-5-11)21-9-13-3-2-8-20-13/h4-7,13H,2-3,8-9H2,1H3,(H,16,18,19)/t13-/m1/s1. The first kappa shape index (κ1) is 14.9. The summed E-state index contributed by atoms with van der Waals surface area (Å²) in [6.45, 7) is 3.21. The molecule has 0 radical (unpaired) electrons. The summed E-state index contributed by atoms with van der Waals surface area (Å²) in [6.07, 6.45) is 2.32. The third-order valence-corrected chi connectivity index (χ3v) is 4.08. The third kappa shape index (κ3) is 3.80. The zero-order chi connectivity index (χ0) is 15.4. The SMILES string of the molecule is Cc1nnc(NC(=O)c2ccc(OC[C@H]3CCCO3)cc2)s1. The highest BCUT2D eigenvalue weighted by molar-refractivity contribution is 7.15. The van der Waals surface area contributed by atoms with Crippen LogP contribution in [0.5, 0.6) is 5.75 Å². The summed E-state index contributed by atoms with van der Waals surface area (Å²) in [5, 5.41) is 11.8. The Kier molecular flexibility index (Phi) is 4.65. The Labute approximate surface area is 132 Å². The molecule has 6 nitrogen and oxygen atoms in total. The van der Waals surface area contributed by atoms with Crippen LogP contribution in [0.1, 0.15) is 28.2 Å². The molecule has 1 aliphatic rings. The van der Waals surface area contributed by atoms with Crippen molar-refractivity contribution in [1.82, 2.24) is 10.2 Å². The Morgan fingerprint density at radius 2 is 2.23 bits per heavy atom. The molecule has 0 bridgehead atoms. The molecule has 1 aliphatic heterocycles. The highest BCUT2D eigenvalue weighted by Gasteiger charge is 2.16. The molecule has 0 unspecified atom stereocenters. The average molecular weight is 319 g/mol. The predicted octanol–water partition coefficient (Wildman–Crippen LogP) is 2.66. The molecule has 1 fully saturated rings. The number of amides is 1. The molecule has 0 saturated carbocycles. The first-order chi connectivity index (χ1) is 10.7. The Balaban J connectivity index is 1.54. The topological polar surface area (TPSA) is 73.3 Å². The van der Waals surface area contributed by atoms with E-state index in [4.69, 9.17) is 9.47 Å². The fourth-order valence-electron chi connectivity index (χ4n) is 2.18. The molecule has 1 saturated heterocycles.